The van der Waals surface area contributed by atoms with Crippen LogP contribution in [0.15, 0.2) is 18.3 Å². The molecule has 0 saturated heterocycles. The van der Waals surface area contributed by atoms with Gasteiger partial charge in [0.2, 0.25) is 0 Å². The maximum Gasteiger partial charge on any atom is 0.126 e. The van der Waals surface area contributed by atoms with E-state index in [4.69, 9.17) is 5.73 Å². The molecule has 2 nitrogen and oxygen atoms in total. The van der Waals surface area contributed by atoms with Crippen LogP contribution in [0, 0.1) is 5.92 Å². The van der Waals surface area contributed by atoms with Crippen LogP contribution in [0.2, 0.25) is 0 Å². The highest BCUT2D eigenvalue weighted by atomic mass is 14.8. The molecule has 1 aromatic rings. The number of nitrogens with zero attached hydrogens (tertiary/aromatic N) is 1. The zero-order chi connectivity index (χ0) is 9.97. The topological polar surface area (TPSA) is 38.9 Å². The molecular formula is C12H18N2. The Bertz CT molecular complexity index is 309. The minimum atomic E-state index is 0.646. The summed E-state index contributed by atoms with van der Waals surface area (Å²) in [4.78, 5) is 4.16. The van der Waals surface area contributed by atoms with Gasteiger partial charge in [0.05, 0.1) is 0 Å². The van der Waals surface area contributed by atoms with E-state index in [9.17, 15) is 0 Å². The second-order valence-corrected chi connectivity index (χ2v) is 4.45. The van der Waals surface area contributed by atoms with Crippen LogP contribution in [-0.4, -0.2) is 4.98 Å². The first-order valence-electron chi connectivity index (χ1n) is 5.47. The predicted molar refractivity (Wildman–Crippen MR) is 59.0 cm³/mol. The molecule has 0 amide bonds. The molecule has 1 aliphatic carbocycles. The third kappa shape index (κ3) is 1.89. The van der Waals surface area contributed by atoms with E-state index in [2.05, 4.69) is 18.0 Å². The van der Waals surface area contributed by atoms with Gasteiger partial charge in [0, 0.05) is 6.20 Å². The molecule has 14 heavy (non-hydrogen) atoms. The third-order valence-electron chi connectivity index (χ3n) is 3.25. The molecule has 1 fully saturated rings. The zero-order valence-electron chi connectivity index (χ0n) is 8.74. The van der Waals surface area contributed by atoms with Crippen molar-refractivity contribution in [3.63, 3.8) is 0 Å². The average Bonchev–Trinajstić information content (AvgIpc) is 2.18. The Morgan fingerprint density at radius 2 is 2.29 bits per heavy atom. The first kappa shape index (κ1) is 9.50. The van der Waals surface area contributed by atoms with Gasteiger partial charge in [-0.05, 0) is 36.3 Å². The second-order valence-electron chi connectivity index (χ2n) is 4.45. The summed E-state index contributed by atoms with van der Waals surface area (Å²) < 4.78 is 0. The molecule has 0 radical (unpaired) electrons. The van der Waals surface area contributed by atoms with E-state index in [-0.39, 0.29) is 0 Å². The molecule has 2 N–H and O–H groups in total. The minimum absolute atomic E-state index is 0.646. The molecular weight excluding hydrogens is 172 g/mol. The summed E-state index contributed by atoms with van der Waals surface area (Å²) in [6, 6.07) is 4.12. The van der Waals surface area contributed by atoms with E-state index in [0.717, 1.165) is 11.7 Å². The van der Waals surface area contributed by atoms with Crippen molar-refractivity contribution in [1.29, 1.82) is 0 Å². The lowest BCUT2D eigenvalue weighted by Gasteiger charge is -2.27. The first-order chi connectivity index (χ1) is 6.77. The fraction of sp³-hybridized carbons (Fsp3) is 0.583. The highest BCUT2D eigenvalue weighted by molar-refractivity contribution is 5.41. The quantitative estimate of drug-likeness (QED) is 0.739. The maximum absolute atomic E-state index is 5.89. The number of aromatic nitrogens is 1. The van der Waals surface area contributed by atoms with Crippen LogP contribution in [0.5, 0.6) is 0 Å². The van der Waals surface area contributed by atoms with Crippen LogP contribution in [0.25, 0.3) is 0 Å². The van der Waals surface area contributed by atoms with Crippen LogP contribution in [0.3, 0.4) is 0 Å². The Labute approximate surface area is 85.5 Å². The standard InChI is InChI=1S/C12H18N2/c1-9-4-2-5-10(8-9)11-6-3-7-14-12(11)13/h3,6-7,9-10H,2,4-5,8H2,1H3,(H2,13,14). The van der Waals surface area contributed by atoms with Crippen molar-refractivity contribution in [3.8, 4) is 0 Å². The Morgan fingerprint density at radius 1 is 1.43 bits per heavy atom. The number of pyridine rings is 1. The van der Waals surface area contributed by atoms with Gasteiger partial charge in [0.15, 0.2) is 0 Å². The maximum atomic E-state index is 5.89. The molecule has 0 spiro atoms. The molecule has 0 aromatic carbocycles. The fourth-order valence-corrected chi connectivity index (χ4v) is 2.49. The zero-order valence-corrected chi connectivity index (χ0v) is 8.74. The SMILES string of the molecule is CC1CCCC(c2cccnc2N)C1. The Kier molecular flexibility index (Phi) is 2.71. The number of nitrogens with two attached hydrogens (primary N) is 1. The number of hydrogen-bond donors (Lipinski definition) is 1. The van der Waals surface area contributed by atoms with E-state index >= 15 is 0 Å². The molecule has 2 rings (SSSR count). The fourth-order valence-electron chi connectivity index (χ4n) is 2.49. The van der Waals surface area contributed by atoms with E-state index in [1.54, 1.807) is 6.20 Å². The summed E-state index contributed by atoms with van der Waals surface area (Å²) in [6.45, 7) is 2.33. The van der Waals surface area contributed by atoms with Crippen LogP contribution in [0.4, 0.5) is 5.82 Å². The van der Waals surface area contributed by atoms with Gasteiger partial charge in [-0.2, -0.15) is 0 Å². The van der Waals surface area contributed by atoms with Crippen molar-refractivity contribution >= 4 is 5.82 Å². The molecule has 1 aromatic heterocycles. The summed E-state index contributed by atoms with van der Waals surface area (Å²) in [5, 5.41) is 0. The van der Waals surface area contributed by atoms with Crippen molar-refractivity contribution in [3.05, 3.63) is 23.9 Å². The third-order valence-corrected chi connectivity index (χ3v) is 3.25. The van der Waals surface area contributed by atoms with Crippen LogP contribution in [0.1, 0.15) is 44.1 Å². The van der Waals surface area contributed by atoms with Crippen LogP contribution >= 0.6 is 0 Å². The summed E-state index contributed by atoms with van der Waals surface area (Å²) >= 11 is 0. The smallest absolute Gasteiger partial charge is 0.126 e. The van der Waals surface area contributed by atoms with Crippen molar-refractivity contribution in [2.75, 3.05) is 5.73 Å². The number of nitrogen functional groups attached to an aromatic ring is 1. The van der Waals surface area contributed by atoms with Crippen molar-refractivity contribution in [1.82, 2.24) is 4.98 Å². The largest absolute Gasteiger partial charge is 0.383 e. The van der Waals surface area contributed by atoms with Gasteiger partial charge in [-0.1, -0.05) is 25.8 Å². The Balaban J connectivity index is 2.18. The summed E-state index contributed by atoms with van der Waals surface area (Å²) in [7, 11) is 0. The Morgan fingerprint density at radius 3 is 3.00 bits per heavy atom. The van der Waals surface area contributed by atoms with Gasteiger partial charge < -0.3 is 5.73 Å². The minimum Gasteiger partial charge on any atom is -0.383 e. The van der Waals surface area contributed by atoms with E-state index in [1.807, 2.05) is 6.07 Å². The normalized spacial score (nSPS) is 27.5. The van der Waals surface area contributed by atoms with E-state index in [0.29, 0.717) is 5.92 Å². The summed E-state index contributed by atoms with van der Waals surface area (Å²) in [5.74, 6) is 2.22. The lowest BCUT2D eigenvalue weighted by atomic mass is 9.79. The van der Waals surface area contributed by atoms with Gasteiger partial charge in [-0.15, -0.1) is 0 Å². The van der Waals surface area contributed by atoms with Crippen molar-refractivity contribution < 1.29 is 0 Å². The van der Waals surface area contributed by atoms with Crippen molar-refractivity contribution in [2.45, 2.75) is 38.5 Å². The molecule has 0 bridgehead atoms. The van der Waals surface area contributed by atoms with Crippen LogP contribution < -0.4 is 5.73 Å². The van der Waals surface area contributed by atoms with E-state index < -0.39 is 0 Å². The lowest BCUT2D eigenvalue weighted by molar-refractivity contribution is 0.344. The molecule has 76 valence electrons. The molecule has 1 heterocycles. The van der Waals surface area contributed by atoms with Gasteiger partial charge in [-0.25, -0.2) is 4.98 Å². The average molecular weight is 190 g/mol. The molecule has 1 saturated carbocycles. The van der Waals surface area contributed by atoms with Crippen molar-refractivity contribution in [2.24, 2.45) is 5.92 Å². The molecule has 2 unspecified atom stereocenters. The summed E-state index contributed by atoms with van der Waals surface area (Å²) in [6.07, 6.45) is 7.03. The first-order valence-corrected chi connectivity index (χ1v) is 5.47. The molecule has 0 aliphatic heterocycles. The predicted octanol–water partition coefficient (Wildman–Crippen LogP) is 2.96. The highest BCUT2D eigenvalue weighted by Crippen LogP contribution is 2.37. The number of hydrogen-bond acceptors (Lipinski definition) is 2. The Hall–Kier alpha value is -1.05. The van der Waals surface area contributed by atoms with E-state index in [1.165, 1.54) is 31.2 Å². The van der Waals surface area contributed by atoms with Gasteiger partial charge in [-0.3, -0.25) is 0 Å². The molecule has 1 aliphatic rings. The van der Waals surface area contributed by atoms with Gasteiger partial charge in [0.1, 0.15) is 5.82 Å². The van der Waals surface area contributed by atoms with Gasteiger partial charge in [0.25, 0.3) is 0 Å². The monoisotopic (exact) mass is 190 g/mol. The molecule has 2 heteroatoms. The number of rotatable bonds is 1. The van der Waals surface area contributed by atoms with Crippen LogP contribution in [-0.2, 0) is 0 Å². The number of anilines is 1. The second kappa shape index (κ2) is 3.99. The highest BCUT2D eigenvalue weighted by Gasteiger charge is 2.21. The van der Waals surface area contributed by atoms with Gasteiger partial charge >= 0.3 is 0 Å². The lowest BCUT2D eigenvalue weighted by Crippen LogP contribution is -2.13. The molecule has 2 atom stereocenters. The summed E-state index contributed by atoms with van der Waals surface area (Å²) in [5.41, 5.74) is 7.15.